The molecule has 0 bridgehead atoms. The molecule has 0 aliphatic carbocycles. The maximum Gasteiger partial charge on any atom is 0.263 e. The Morgan fingerprint density at radius 3 is 2.94 bits per heavy atom. The minimum atomic E-state index is 0.174. The predicted octanol–water partition coefficient (Wildman–Crippen LogP) is 2.12. The first kappa shape index (κ1) is 12.6. The topological polar surface area (TPSA) is 46.3 Å². The molecule has 0 saturated carbocycles. The Kier molecular flexibility index (Phi) is 3.84. The fourth-order valence-electron chi connectivity index (χ4n) is 2.19. The van der Waals surface area contributed by atoms with Crippen LogP contribution in [0.3, 0.4) is 0 Å². The van der Waals surface area contributed by atoms with Gasteiger partial charge in [0.15, 0.2) is 0 Å². The van der Waals surface area contributed by atoms with Gasteiger partial charge in [-0.25, -0.2) is 0 Å². The zero-order valence-corrected chi connectivity index (χ0v) is 11.3. The minimum Gasteiger partial charge on any atom is -0.338 e. The number of amides is 1. The van der Waals surface area contributed by atoms with Crippen molar-refractivity contribution in [3.05, 3.63) is 21.9 Å². The fourth-order valence-corrected chi connectivity index (χ4v) is 3.10. The average molecular weight is 252 g/mol. The summed E-state index contributed by atoms with van der Waals surface area (Å²) < 4.78 is 0. The van der Waals surface area contributed by atoms with Gasteiger partial charge in [-0.05, 0) is 30.9 Å². The number of carbonyl (C=O) groups is 1. The smallest absolute Gasteiger partial charge is 0.263 e. The summed E-state index contributed by atoms with van der Waals surface area (Å²) in [5.74, 6) is 0.576. The highest BCUT2D eigenvalue weighted by Gasteiger charge is 2.27. The largest absolute Gasteiger partial charge is 0.338 e. The van der Waals surface area contributed by atoms with Crippen molar-refractivity contribution in [3.8, 4) is 0 Å². The first-order chi connectivity index (χ1) is 8.11. The molecular weight excluding hydrogens is 232 g/mol. The van der Waals surface area contributed by atoms with Crippen molar-refractivity contribution in [1.29, 1.82) is 0 Å². The number of rotatable bonds is 2. The van der Waals surface area contributed by atoms with Crippen molar-refractivity contribution >= 4 is 17.2 Å². The van der Waals surface area contributed by atoms with E-state index in [-0.39, 0.29) is 11.9 Å². The summed E-state index contributed by atoms with van der Waals surface area (Å²) in [6.07, 6.45) is 1.91. The van der Waals surface area contributed by atoms with E-state index in [2.05, 4.69) is 19.9 Å². The molecule has 1 aliphatic rings. The number of carbonyl (C=O) groups excluding carboxylic acids is 1. The van der Waals surface area contributed by atoms with Crippen LogP contribution in [0.1, 0.15) is 34.8 Å². The molecule has 4 heteroatoms. The van der Waals surface area contributed by atoms with Gasteiger partial charge in [0.1, 0.15) is 0 Å². The van der Waals surface area contributed by atoms with Gasteiger partial charge in [0, 0.05) is 24.0 Å². The number of hydrogen-bond donors (Lipinski definition) is 1. The average Bonchev–Trinajstić information content (AvgIpc) is 2.80. The number of hydrogen-bond acceptors (Lipinski definition) is 3. The second-order valence-corrected chi connectivity index (χ2v) is 5.97. The number of nitrogens with zero attached hydrogens (tertiary/aromatic N) is 1. The van der Waals surface area contributed by atoms with Crippen LogP contribution >= 0.6 is 11.3 Å². The molecule has 1 aromatic rings. The van der Waals surface area contributed by atoms with E-state index in [9.17, 15) is 4.79 Å². The number of likely N-dealkylation sites (tertiary alicyclic amines) is 1. The van der Waals surface area contributed by atoms with Crippen LogP contribution < -0.4 is 5.73 Å². The predicted molar refractivity (Wildman–Crippen MR) is 71.4 cm³/mol. The van der Waals surface area contributed by atoms with E-state index in [1.54, 1.807) is 11.3 Å². The van der Waals surface area contributed by atoms with E-state index in [1.807, 2.05) is 11.0 Å². The van der Waals surface area contributed by atoms with Gasteiger partial charge in [-0.2, -0.15) is 0 Å². The molecule has 2 heterocycles. The van der Waals surface area contributed by atoms with Crippen LogP contribution in [0.2, 0.25) is 0 Å². The standard InChI is InChI=1S/C13H20N2OS/c1-3-10-4-5-12(17-10)13(16)15-7-6-11(14)9(2)8-15/h4-5,9,11H,3,6-8,14H2,1-2H3. The third-order valence-corrected chi connectivity index (χ3v) is 4.70. The highest BCUT2D eigenvalue weighted by Crippen LogP contribution is 2.22. The van der Waals surface area contributed by atoms with Crippen LogP contribution in [0, 0.1) is 5.92 Å². The summed E-state index contributed by atoms with van der Waals surface area (Å²) in [5.41, 5.74) is 5.97. The molecule has 2 rings (SSSR count). The summed E-state index contributed by atoms with van der Waals surface area (Å²) >= 11 is 1.61. The Labute approximate surface area is 107 Å². The normalized spacial score (nSPS) is 25.0. The molecule has 2 atom stereocenters. The van der Waals surface area contributed by atoms with Crippen LogP contribution in [0.15, 0.2) is 12.1 Å². The van der Waals surface area contributed by atoms with E-state index >= 15 is 0 Å². The van der Waals surface area contributed by atoms with Crippen molar-refractivity contribution in [1.82, 2.24) is 4.90 Å². The fraction of sp³-hybridized carbons (Fsp3) is 0.615. The molecule has 17 heavy (non-hydrogen) atoms. The van der Waals surface area contributed by atoms with E-state index < -0.39 is 0 Å². The molecule has 1 saturated heterocycles. The van der Waals surface area contributed by atoms with Crippen molar-refractivity contribution in [2.75, 3.05) is 13.1 Å². The zero-order valence-electron chi connectivity index (χ0n) is 10.5. The maximum atomic E-state index is 12.3. The van der Waals surface area contributed by atoms with Crippen molar-refractivity contribution in [3.63, 3.8) is 0 Å². The molecular formula is C13H20N2OS. The number of piperidine rings is 1. The van der Waals surface area contributed by atoms with Crippen LogP contribution in [-0.4, -0.2) is 29.9 Å². The lowest BCUT2D eigenvalue weighted by Crippen LogP contribution is -2.48. The van der Waals surface area contributed by atoms with E-state index in [4.69, 9.17) is 5.73 Å². The maximum absolute atomic E-state index is 12.3. The molecule has 2 unspecified atom stereocenters. The molecule has 1 fully saturated rings. The molecule has 1 aliphatic heterocycles. The first-order valence-electron chi connectivity index (χ1n) is 6.25. The van der Waals surface area contributed by atoms with Gasteiger partial charge in [0.25, 0.3) is 5.91 Å². The van der Waals surface area contributed by atoms with Gasteiger partial charge >= 0.3 is 0 Å². The molecule has 2 N–H and O–H groups in total. The summed E-state index contributed by atoms with van der Waals surface area (Å²) in [7, 11) is 0. The Morgan fingerprint density at radius 2 is 2.35 bits per heavy atom. The Hall–Kier alpha value is -0.870. The number of nitrogens with two attached hydrogens (primary N) is 1. The Balaban J connectivity index is 2.05. The number of thiophene rings is 1. The van der Waals surface area contributed by atoms with Crippen LogP contribution in [0.4, 0.5) is 0 Å². The summed E-state index contributed by atoms with van der Waals surface area (Å²) in [4.78, 5) is 16.4. The van der Waals surface area contributed by atoms with Gasteiger partial charge in [0.05, 0.1) is 4.88 Å². The summed E-state index contributed by atoms with van der Waals surface area (Å²) in [5, 5.41) is 0. The molecule has 0 aromatic carbocycles. The second-order valence-electron chi connectivity index (χ2n) is 4.80. The van der Waals surface area contributed by atoms with Gasteiger partial charge in [0.2, 0.25) is 0 Å². The van der Waals surface area contributed by atoms with Crippen molar-refractivity contribution in [2.24, 2.45) is 11.7 Å². The van der Waals surface area contributed by atoms with Crippen molar-refractivity contribution < 1.29 is 4.79 Å². The lowest BCUT2D eigenvalue weighted by atomic mass is 9.95. The quantitative estimate of drug-likeness (QED) is 0.876. The van der Waals surface area contributed by atoms with Crippen molar-refractivity contribution in [2.45, 2.75) is 32.7 Å². The lowest BCUT2D eigenvalue weighted by molar-refractivity contribution is 0.0669. The summed E-state index contributed by atoms with van der Waals surface area (Å²) in [6.45, 7) is 5.82. The van der Waals surface area contributed by atoms with Crippen LogP contribution in [-0.2, 0) is 6.42 Å². The Morgan fingerprint density at radius 1 is 1.59 bits per heavy atom. The highest BCUT2D eigenvalue weighted by molar-refractivity contribution is 7.14. The van der Waals surface area contributed by atoms with Gasteiger partial charge < -0.3 is 10.6 Å². The lowest BCUT2D eigenvalue weighted by Gasteiger charge is -2.34. The van der Waals surface area contributed by atoms with E-state index in [0.717, 1.165) is 30.8 Å². The molecule has 1 amide bonds. The van der Waals surface area contributed by atoms with Gasteiger partial charge in [-0.1, -0.05) is 13.8 Å². The third kappa shape index (κ3) is 2.69. The SMILES string of the molecule is CCc1ccc(C(=O)N2CCC(N)C(C)C2)s1. The highest BCUT2D eigenvalue weighted by atomic mass is 32.1. The molecule has 0 spiro atoms. The zero-order chi connectivity index (χ0) is 12.4. The minimum absolute atomic E-state index is 0.174. The molecule has 94 valence electrons. The second kappa shape index (κ2) is 5.19. The van der Waals surface area contributed by atoms with Crippen LogP contribution in [0.25, 0.3) is 0 Å². The monoisotopic (exact) mass is 252 g/mol. The molecule has 3 nitrogen and oxygen atoms in total. The third-order valence-electron chi connectivity index (χ3n) is 3.48. The molecule has 1 aromatic heterocycles. The van der Waals surface area contributed by atoms with Gasteiger partial charge in [-0.15, -0.1) is 11.3 Å². The molecule has 0 radical (unpaired) electrons. The van der Waals surface area contributed by atoms with Gasteiger partial charge in [-0.3, -0.25) is 4.79 Å². The summed E-state index contributed by atoms with van der Waals surface area (Å²) in [6, 6.07) is 4.25. The number of aryl methyl sites for hydroxylation is 1. The van der Waals surface area contributed by atoms with E-state index in [0.29, 0.717) is 5.92 Å². The van der Waals surface area contributed by atoms with Crippen LogP contribution in [0.5, 0.6) is 0 Å². The van der Waals surface area contributed by atoms with E-state index in [1.165, 1.54) is 4.88 Å². The first-order valence-corrected chi connectivity index (χ1v) is 7.07. The Bertz CT molecular complexity index is 402.